The highest BCUT2D eigenvalue weighted by atomic mass is 16.5. The molecule has 82 valence electrons. The normalized spacial score (nSPS) is 31.5. The van der Waals surface area contributed by atoms with Crippen LogP contribution in [0.5, 0.6) is 0 Å². The third-order valence-electron chi connectivity index (χ3n) is 3.40. The van der Waals surface area contributed by atoms with Crippen LogP contribution in [0.4, 0.5) is 0 Å². The van der Waals surface area contributed by atoms with Crippen LogP contribution in [0.3, 0.4) is 0 Å². The average molecular weight is 198 g/mol. The zero-order valence-electron chi connectivity index (χ0n) is 9.38. The van der Waals surface area contributed by atoms with Gasteiger partial charge in [-0.15, -0.1) is 0 Å². The van der Waals surface area contributed by atoms with E-state index in [0.717, 1.165) is 19.7 Å². The van der Waals surface area contributed by atoms with Crippen molar-refractivity contribution in [3.63, 3.8) is 0 Å². The third-order valence-corrected chi connectivity index (χ3v) is 3.40. The van der Waals surface area contributed by atoms with Crippen LogP contribution < -0.4 is 5.32 Å². The lowest BCUT2D eigenvalue weighted by molar-refractivity contribution is -0.0805. The zero-order valence-corrected chi connectivity index (χ0v) is 9.38. The van der Waals surface area contributed by atoms with Crippen LogP contribution >= 0.6 is 0 Å². The van der Waals surface area contributed by atoms with E-state index in [9.17, 15) is 0 Å². The van der Waals surface area contributed by atoms with Crippen LogP contribution in [0.15, 0.2) is 0 Å². The Labute approximate surface area is 86.8 Å². The van der Waals surface area contributed by atoms with Crippen LogP contribution in [0.25, 0.3) is 0 Å². The van der Waals surface area contributed by atoms with E-state index in [2.05, 4.69) is 24.3 Å². The lowest BCUT2D eigenvalue weighted by Gasteiger charge is -2.39. The SMILES string of the molecule is CN(C)C[C@@H]1COC2(CCCC2)CN1. The molecule has 14 heavy (non-hydrogen) atoms. The van der Waals surface area contributed by atoms with Gasteiger partial charge in [-0.25, -0.2) is 0 Å². The molecule has 0 bridgehead atoms. The lowest BCUT2D eigenvalue weighted by atomic mass is 9.99. The van der Waals surface area contributed by atoms with Crippen LogP contribution in [0.2, 0.25) is 0 Å². The first kappa shape index (κ1) is 10.4. The van der Waals surface area contributed by atoms with Gasteiger partial charge in [-0.3, -0.25) is 0 Å². The molecule has 1 spiro atoms. The van der Waals surface area contributed by atoms with E-state index in [1.54, 1.807) is 0 Å². The van der Waals surface area contributed by atoms with Crippen LogP contribution in [-0.4, -0.2) is 50.3 Å². The monoisotopic (exact) mass is 198 g/mol. The molecule has 1 saturated heterocycles. The van der Waals surface area contributed by atoms with Gasteiger partial charge in [0, 0.05) is 19.1 Å². The summed E-state index contributed by atoms with van der Waals surface area (Å²) in [5.41, 5.74) is 0.211. The predicted octanol–water partition coefficient (Wildman–Crippen LogP) is 0.849. The maximum Gasteiger partial charge on any atom is 0.0807 e. The Balaban J connectivity index is 1.79. The van der Waals surface area contributed by atoms with Crippen molar-refractivity contribution in [2.75, 3.05) is 33.8 Å². The molecule has 2 aliphatic rings. The topological polar surface area (TPSA) is 24.5 Å². The van der Waals surface area contributed by atoms with Crippen molar-refractivity contribution in [2.24, 2.45) is 0 Å². The molecule has 0 aromatic carbocycles. The molecule has 0 aromatic rings. The summed E-state index contributed by atoms with van der Waals surface area (Å²) in [7, 11) is 4.23. The zero-order chi connectivity index (χ0) is 10.0. The number of hydrogen-bond acceptors (Lipinski definition) is 3. The van der Waals surface area contributed by atoms with Gasteiger partial charge in [0.05, 0.1) is 12.2 Å². The van der Waals surface area contributed by atoms with Gasteiger partial charge >= 0.3 is 0 Å². The Bertz CT molecular complexity index is 178. The lowest BCUT2D eigenvalue weighted by Crippen LogP contribution is -2.55. The average Bonchev–Trinajstić information content (AvgIpc) is 2.58. The molecule has 1 heterocycles. The standard InChI is InChI=1S/C11H22N2O/c1-13(2)7-10-8-14-11(9-12-10)5-3-4-6-11/h10,12H,3-9H2,1-2H3/t10-/m1/s1. The largest absolute Gasteiger partial charge is 0.372 e. The Morgan fingerprint density at radius 3 is 2.57 bits per heavy atom. The Morgan fingerprint density at radius 1 is 1.36 bits per heavy atom. The molecule has 2 rings (SSSR count). The van der Waals surface area contributed by atoms with E-state index in [1.165, 1.54) is 25.7 Å². The van der Waals surface area contributed by atoms with E-state index >= 15 is 0 Å². The van der Waals surface area contributed by atoms with Crippen molar-refractivity contribution in [3.05, 3.63) is 0 Å². The van der Waals surface area contributed by atoms with Crippen molar-refractivity contribution >= 4 is 0 Å². The molecule has 3 nitrogen and oxygen atoms in total. The molecular weight excluding hydrogens is 176 g/mol. The first-order valence-electron chi connectivity index (χ1n) is 5.72. The molecule has 1 N–H and O–H groups in total. The fourth-order valence-electron chi connectivity index (χ4n) is 2.62. The van der Waals surface area contributed by atoms with Crippen molar-refractivity contribution in [2.45, 2.75) is 37.3 Å². The van der Waals surface area contributed by atoms with Crippen LogP contribution in [-0.2, 0) is 4.74 Å². The number of rotatable bonds is 2. The second kappa shape index (κ2) is 4.17. The van der Waals surface area contributed by atoms with Crippen molar-refractivity contribution in [1.29, 1.82) is 0 Å². The third kappa shape index (κ3) is 2.27. The van der Waals surface area contributed by atoms with Crippen LogP contribution in [0.1, 0.15) is 25.7 Å². The van der Waals surface area contributed by atoms with E-state index in [-0.39, 0.29) is 5.60 Å². The summed E-state index contributed by atoms with van der Waals surface area (Å²) < 4.78 is 6.05. The summed E-state index contributed by atoms with van der Waals surface area (Å²) in [6, 6.07) is 0.524. The molecule has 0 amide bonds. The Kier molecular flexibility index (Phi) is 3.10. The summed E-state index contributed by atoms with van der Waals surface area (Å²) in [6.45, 7) is 3.03. The highest BCUT2D eigenvalue weighted by molar-refractivity contribution is 4.93. The molecule has 0 aromatic heterocycles. The second-order valence-electron chi connectivity index (χ2n) is 5.04. The van der Waals surface area contributed by atoms with Gasteiger partial charge in [-0.1, -0.05) is 12.8 Å². The van der Waals surface area contributed by atoms with Gasteiger partial charge in [0.2, 0.25) is 0 Å². The summed E-state index contributed by atoms with van der Waals surface area (Å²) in [4.78, 5) is 2.22. The summed E-state index contributed by atoms with van der Waals surface area (Å²) in [5.74, 6) is 0. The number of ether oxygens (including phenoxy) is 1. The van der Waals surface area contributed by atoms with Gasteiger partial charge < -0.3 is 15.0 Å². The minimum absolute atomic E-state index is 0.211. The highest BCUT2D eigenvalue weighted by Crippen LogP contribution is 2.34. The number of nitrogens with zero attached hydrogens (tertiary/aromatic N) is 1. The summed E-state index contributed by atoms with van der Waals surface area (Å²) >= 11 is 0. The number of likely N-dealkylation sites (N-methyl/N-ethyl adjacent to an activating group) is 1. The molecule has 2 fully saturated rings. The fourth-order valence-corrected chi connectivity index (χ4v) is 2.62. The van der Waals surface area contributed by atoms with Crippen molar-refractivity contribution in [3.8, 4) is 0 Å². The molecule has 1 aliphatic carbocycles. The van der Waals surface area contributed by atoms with E-state index < -0.39 is 0 Å². The summed E-state index contributed by atoms with van der Waals surface area (Å²) in [5, 5.41) is 3.62. The molecular formula is C11H22N2O. The van der Waals surface area contributed by atoms with Gasteiger partial charge in [-0.2, -0.15) is 0 Å². The molecule has 3 heteroatoms. The number of nitrogens with one attached hydrogen (secondary N) is 1. The highest BCUT2D eigenvalue weighted by Gasteiger charge is 2.38. The van der Waals surface area contributed by atoms with Crippen LogP contribution in [0, 0.1) is 0 Å². The Hall–Kier alpha value is -0.120. The van der Waals surface area contributed by atoms with Gasteiger partial charge in [-0.05, 0) is 26.9 Å². The molecule has 1 aliphatic heterocycles. The van der Waals surface area contributed by atoms with E-state index in [4.69, 9.17) is 4.74 Å². The van der Waals surface area contributed by atoms with Gasteiger partial charge in [0.1, 0.15) is 0 Å². The molecule has 1 atom stereocenters. The minimum Gasteiger partial charge on any atom is -0.372 e. The number of hydrogen-bond donors (Lipinski definition) is 1. The smallest absolute Gasteiger partial charge is 0.0807 e. The van der Waals surface area contributed by atoms with Gasteiger partial charge in [0.25, 0.3) is 0 Å². The predicted molar refractivity (Wildman–Crippen MR) is 57.5 cm³/mol. The Morgan fingerprint density at radius 2 is 2.07 bits per heavy atom. The van der Waals surface area contributed by atoms with Crippen molar-refractivity contribution in [1.82, 2.24) is 10.2 Å². The first-order chi connectivity index (χ1) is 6.70. The molecule has 0 radical (unpaired) electrons. The second-order valence-corrected chi connectivity index (χ2v) is 5.04. The fraction of sp³-hybridized carbons (Fsp3) is 1.00. The van der Waals surface area contributed by atoms with E-state index in [0.29, 0.717) is 6.04 Å². The quantitative estimate of drug-likeness (QED) is 0.712. The molecule has 1 saturated carbocycles. The summed E-state index contributed by atoms with van der Waals surface area (Å²) in [6.07, 6.45) is 5.21. The minimum atomic E-state index is 0.211. The maximum atomic E-state index is 6.05. The first-order valence-corrected chi connectivity index (χ1v) is 5.72. The van der Waals surface area contributed by atoms with Gasteiger partial charge in [0.15, 0.2) is 0 Å². The van der Waals surface area contributed by atoms with E-state index in [1.807, 2.05) is 0 Å². The number of morpholine rings is 1. The maximum absolute atomic E-state index is 6.05. The molecule has 0 unspecified atom stereocenters. The van der Waals surface area contributed by atoms with Crippen molar-refractivity contribution < 1.29 is 4.74 Å².